The Bertz CT molecular complexity index is 278. The van der Waals surface area contributed by atoms with Crippen LogP contribution in [-0.4, -0.2) is 36.6 Å². The second-order valence-electron chi connectivity index (χ2n) is 5.66. The van der Waals surface area contributed by atoms with Gasteiger partial charge in [-0.1, -0.05) is 33.6 Å². The van der Waals surface area contributed by atoms with Crippen molar-refractivity contribution in [3.63, 3.8) is 0 Å². The summed E-state index contributed by atoms with van der Waals surface area (Å²) in [5.74, 6) is -0.0577. The van der Waals surface area contributed by atoms with E-state index in [2.05, 4.69) is 17.6 Å². The molecular weight excluding hydrogens is 244 g/mol. The second-order valence-corrected chi connectivity index (χ2v) is 5.66. The van der Waals surface area contributed by atoms with Crippen molar-refractivity contribution in [3.05, 3.63) is 0 Å². The largest absolute Gasteiger partial charge is 0.396 e. The lowest BCUT2D eigenvalue weighted by atomic mass is 9.90. The molecule has 0 heterocycles. The van der Waals surface area contributed by atoms with Crippen LogP contribution < -0.4 is 10.6 Å². The molecule has 0 aromatic heterocycles. The molecule has 19 heavy (non-hydrogen) atoms. The van der Waals surface area contributed by atoms with Crippen molar-refractivity contribution < 1.29 is 14.7 Å². The molecule has 0 atom stereocenters. The van der Waals surface area contributed by atoms with Gasteiger partial charge in [0.1, 0.15) is 0 Å². The van der Waals surface area contributed by atoms with Gasteiger partial charge in [-0.25, -0.2) is 0 Å². The third-order valence-corrected chi connectivity index (χ3v) is 2.84. The molecule has 0 aliphatic rings. The molecule has 0 fully saturated rings. The number of carbonyl (C=O) groups excluding carboxylic acids is 2. The first-order chi connectivity index (χ1) is 8.91. The molecule has 5 heteroatoms. The maximum absolute atomic E-state index is 11.5. The molecule has 0 aromatic rings. The average Bonchev–Trinajstić information content (AvgIpc) is 2.34. The Hall–Kier alpha value is -1.10. The summed E-state index contributed by atoms with van der Waals surface area (Å²) in [4.78, 5) is 22.9. The van der Waals surface area contributed by atoms with E-state index in [1.165, 1.54) is 0 Å². The van der Waals surface area contributed by atoms with E-state index in [1.807, 2.05) is 13.8 Å². The SMILES string of the molecule is CCCCCC(=O)NCCNC(=O)CC(C)(C)CO. The monoisotopic (exact) mass is 272 g/mol. The predicted octanol–water partition coefficient (Wildman–Crippen LogP) is 1.21. The van der Waals surface area contributed by atoms with Crippen LogP contribution in [0.15, 0.2) is 0 Å². The van der Waals surface area contributed by atoms with Crippen LogP contribution in [0.25, 0.3) is 0 Å². The minimum Gasteiger partial charge on any atom is -0.396 e. The lowest BCUT2D eigenvalue weighted by Crippen LogP contribution is -2.36. The molecule has 0 radical (unpaired) electrons. The fraction of sp³-hybridized carbons (Fsp3) is 0.857. The van der Waals surface area contributed by atoms with E-state index in [4.69, 9.17) is 5.11 Å². The molecule has 3 N–H and O–H groups in total. The van der Waals surface area contributed by atoms with Crippen molar-refractivity contribution in [2.45, 2.75) is 52.9 Å². The Morgan fingerprint density at radius 3 is 2.16 bits per heavy atom. The van der Waals surface area contributed by atoms with Gasteiger partial charge in [-0.3, -0.25) is 9.59 Å². The third-order valence-electron chi connectivity index (χ3n) is 2.84. The normalized spacial score (nSPS) is 11.2. The summed E-state index contributed by atoms with van der Waals surface area (Å²) in [7, 11) is 0. The van der Waals surface area contributed by atoms with Gasteiger partial charge in [-0.2, -0.15) is 0 Å². The molecular formula is C14H28N2O3. The van der Waals surface area contributed by atoms with Gasteiger partial charge in [-0.05, 0) is 11.8 Å². The Morgan fingerprint density at radius 2 is 1.63 bits per heavy atom. The average molecular weight is 272 g/mol. The molecule has 0 aliphatic heterocycles. The highest BCUT2D eigenvalue weighted by atomic mass is 16.3. The number of unbranched alkanes of at least 4 members (excludes halogenated alkanes) is 2. The maximum atomic E-state index is 11.5. The number of carbonyl (C=O) groups is 2. The van der Waals surface area contributed by atoms with Crippen LogP contribution in [0.2, 0.25) is 0 Å². The van der Waals surface area contributed by atoms with Gasteiger partial charge < -0.3 is 15.7 Å². The molecule has 0 bridgehead atoms. The molecule has 0 rings (SSSR count). The standard InChI is InChI=1S/C14H28N2O3/c1-4-5-6-7-12(18)15-8-9-16-13(19)10-14(2,3)11-17/h17H,4-11H2,1-3H3,(H,15,18)(H,16,19). The van der Waals surface area contributed by atoms with Crippen LogP contribution in [0.5, 0.6) is 0 Å². The summed E-state index contributed by atoms with van der Waals surface area (Å²) in [5, 5.41) is 14.6. The smallest absolute Gasteiger partial charge is 0.220 e. The van der Waals surface area contributed by atoms with Crippen molar-refractivity contribution >= 4 is 11.8 Å². The van der Waals surface area contributed by atoms with Crippen LogP contribution in [0.4, 0.5) is 0 Å². The summed E-state index contributed by atoms with van der Waals surface area (Å²) in [6, 6.07) is 0. The highest BCUT2D eigenvalue weighted by Gasteiger charge is 2.20. The van der Waals surface area contributed by atoms with Gasteiger partial charge in [0.25, 0.3) is 0 Å². The van der Waals surface area contributed by atoms with Crippen LogP contribution in [0.1, 0.15) is 52.9 Å². The number of aliphatic hydroxyl groups is 1. The predicted molar refractivity (Wildman–Crippen MR) is 75.6 cm³/mol. The fourth-order valence-corrected chi connectivity index (χ4v) is 1.58. The van der Waals surface area contributed by atoms with Gasteiger partial charge in [0, 0.05) is 32.5 Å². The Labute approximate surface area is 116 Å². The van der Waals surface area contributed by atoms with E-state index < -0.39 is 5.41 Å². The summed E-state index contributed by atoms with van der Waals surface area (Å²) < 4.78 is 0. The highest BCUT2D eigenvalue weighted by molar-refractivity contribution is 5.77. The number of nitrogens with one attached hydrogen (secondary N) is 2. The highest BCUT2D eigenvalue weighted by Crippen LogP contribution is 2.18. The Balaban J connectivity index is 3.58. The van der Waals surface area contributed by atoms with E-state index in [1.54, 1.807) is 0 Å². The number of aliphatic hydroxyl groups excluding tert-OH is 1. The molecule has 0 spiro atoms. The second kappa shape index (κ2) is 9.78. The number of amides is 2. The first-order valence-electron chi connectivity index (χ1n) is 7.05. The van der Waals surface area contributed by atoms with Crippen molar-refractivity contribution in [1.29, 1.82) is 0 Å². The molecule has 2 amide bonds. The van der Waals surface area contributed by atoms with Gasteiger partial charge in [0.05, 0.1) is 0 Å². The van der Waals surface area contributed by atoms with Crippen LogP contribution in [0, 0.1) is 5.41 Å². The first kappa shape index (κ1) is 17.9. The topological polar surface area (TPSA) is 78.4 Å². The third kappa shape index (κ3) is 10.5. The maximum Gasteiger partial charge on any atom is 0.220 e. The Morgan fingerprint density at radius 1 is 1.05 bits per heavy atom. The van der Waals surface area contributed by atoms with Crippen LogP contribution in [-0.2, 0) is 9.59 Å². The Kier molecular flexibility index (Phi) is 9.21. The van der Waals surface area contributed by atoms with E-state index >= 15 is 0 Å². The van der Waals surface area contributed by atoms with Crippen molar-refractivity contribution in [2.24, 2.45) is 5.41 Å². The molecule has 5 nitrogen and oxygen atoms in total. The van der Waals surface area contributed by atoms with Crippen LogP contribution >= 0.6 is 0 Å². The number of rotatable bonds is 10. The lowest BCUT2D eigenvalue weighted by Gasteiger charge is -2.20. The molecule has 0 aromatic carbocycles. The van der Waals surface area contributed by atoms with Crippen molar-refractivity contribution in [2.75, 3.05) is 19.7 Å². The number of hydrogen-bond donors (Lipinski definition) is 3. The zero-order valence-electron chi connectivity index (χ0n) is 12.4. The minimum absolute atomic E-state index is 0.0193. The fourth-order valence-electron chi connectivity index (χ4n) is 1.58. The van der Waals surface area contributed by atoms with Crippen molar-refractivity contribution in [1.82, 2.24) is 10.6 Å². The first-order valence-corrected chi connectivity index (χ1v) is 7.05. The van der Waals surface area contributed by atoms with Gasteiger partial charge in [0.2, 0.25) is 11.8 Å². The summed E-state index contributed by atoms with van der Waals surface area (Å²) in [6.45, 7) is 6.64. The van der Waals surface area contributed by atoms with Gasteiger partial charge in [0.15, 0.2) is 0 Å². The molecule has 0 saturated heterocycles. The van der Waals surface area contributed by atoms with E-state index in [-0.39, 0.29) is 24.8 Å². The molecule has 0 aliphatic carbocycles. The van der Waals surface area contributed by atoms with Gasteiger partial charge >= 0.3 is 0 Å². The summed E-state index contributed by atoms with van der Waals surface area (Å²) in [6.07, 6.45) is 3.93. The summed E-state index contributed by atoms with van der Waals surface area (Å²) >= 11 is 0. The zero-order chi connectivity index (χ0) is 14.7. The van der Waals surface area contributed by atoms with Crippen molar-refractivity contribution in [3.8, 4) is 0 Å². The molecule has 112 valence electrons. The minimum atomic E-state index is -0.395. The molecule has 0 saturated carbocycles. The quantitative estimate of drug-likeness (QED) is 0.523. The zero-order valence-corrected chi connectivity index (χ0v) is 12.4. The molecule has 0 unspecified atom stereocenters. The van der Waals surface area contributed by atoms with Gasteiger partial charge in [-0.15, -0.1) is 0 Å². The van der Waals surface area contributed by atoms with Crippen LogP contribution in [0.3, 0.4) is 0 Å². The number of hydrogen-bond acceptors (Lipinski definition) is 3. The van der Waals surface area contributed by atoms with E-state index in [9.17, 15) is 9.59 Å². The summed E-state index contributed by atoms with van der Waals surface area (Å²) in [5.41, 5.74) is -0.395. The lowest BCUT2D eigenvalue weighted by molar-refractivity contribution is -0.124. The van der Waals surface area contributed by atoms with E-state index in [0.29, 0.717) is 19.5 Å². The van der Waals surface area contributed by atoms with E-state index in [0.717, 1.165) is 19.3 Å².